The third kappa shape index (κ3) is 7.26. The van der Waals surface area contributed by atoms with Crippen LogP contribution in [0, 0.1) is 5.92 Å². The van der Waals surface area contributed by atoms with Gasteiger partial charge in [0.15, 0.2) is 0 Å². The van der Waals surface area contributed by atoms with Crippen LogP contribution in [-0.4, -0.2) is 60.8 Å². The Balaban J connectivity index is 1.36. The molecule has 14 heteroatoms. The SMILES string of the molecule is O=C(CN=C1NC(=O)S/C1=C\C1CCN(Cc2ccc(C(F)(F)F)cc2C(F)(F)F)CC1)NC1COC1. The first-order valence-corrected chi connectivity index (χ1v) is 12.3. The van der Waals surface area contributed by atoms with E-state index >= 15 is 0 Å². The lowest BCUT2D eigenvalue weighted by atomic mass is 9.95. The second-order valence-corrected chi connectivity index (χ2v) is 10.0. The number of alkyl halides is 6. The molecule has 1 aromatic rings. The molecule has 3 heterocycles. The Labute approximate surface area is 212 Å². The molecule has 1 aromatic carbocycles. The first kappa shape index (κ1) is 27.5. The lowest BCUT2D eigenvalue weighted by Crippen LogP contribution is -2.49. The maximum Gasteiger partial charge on any atom is 0.416 e. The Morgan fingerprint density at radius 1 is 1.16 bits per heavy atom. The molecule has 3 aliphatic heterocycles. The Morgan fingerprint density at radius 3 is 2.46 bits per heavy atom. The van der Waals surface area contributed by atoms with E-state index in [4.69, 9.17) is 4.74 Å². The fraction of sp³-hybridized carbons (Fsp3) is 0.522. The Kier molecular flexibility index (Phi) is 8.19. The molecule has 0 aromatic heterocycles. The number of ether oxygens (including phenoxy) is 1. The van der Waals surface area contributed by atoms with E-state index < -0.39 is 23.5 Å². The van der Waals surface area contributed by atoms with Crippen LogP contribution >= 0.6 is 11.8 Å². The number of nitrogens with one attached hydrogen (secondary N) is 2. The number of amides is 2. The number of nitrogens with zero attached hydrogens (tertiary/aromatic N) is 2. The standard InChI is InChI=1S/C23H24F6N4O3S/c24-22(25,26)15-2-1-14(17(8-15)23(27,28)29)10-33-5-3-13(4-6-33)7-18-20(32-21(35)37-18)30-9-19(34)31-16-11-36-12-16/h1-2,7-8,13,16H,3-6,9-12H2,(H,31,34)(H,30,32,35)/b18-7-. The zero-order valence-electron chi connectivity index (χ0n) is 19.4. The normalized spacial score (nSPS) is 22.4. The zero-order valence-corrected chi connectivity index (χ0v) is 20.2. The fourth-order valence-electron chi connectivity index (χ4n) is 4.19. The number of allylic oxidation sites excluding steroid dienone is 1. The van der Waals surface area contributed by atoms with Gasteiger partial charge in [0.05, 0.1) is 35.3 Å². The number of benzene rings is 1. The Morgan fingerprint density at radius 2 is 1.86 bits per heavy atom. The number of thioether (sulfide) groups is 1. The van der Waals surface area contributed by atoms with Crippen LogP contribution in [0.25, 0.3) is 0 Å². The van der Waals surface area contributed by atoms with Crippen LogP contribution in [0.3, 0.4) is 0 Å². The molecule has 7 nitrogen and oxygen atoms in total. The molecule has 37 heavy (non-hydrogen) atoms. The highest BCUT2D eigenvalue weighted by molar-refractivity contribution is 8.18. The number of piperidine rings is 1. The summed E-state index contributed by atoms with van der Waals surface area (Å²) in [7, 11) is 0. The molecule has 0 aliphatic carbocycles. The second-order valence-electron chi connectivity index (χ2n) is 8.99. The van der Waals surface area contributed by atoms with Crippen LogP contribution in [-0.2, 0) is 28.4 Å². The van der Waals surface area contributed by atoms with Crippen molar-refractivity contribution in [3.8, 4) is 0 Å². The Hall–Kier alpha value is -2.58. The summed E-state index contributed by atoms with van der Waals surface area (Å²) in [4.78, 5) is 30.4. The van der Waals surface area contributed by atoms with Gasteiger partial charge in [0.25, 0.3) is 5.24 Å². The van der Waals surface area contributed by atoms with Crippen LogP contribution in [0.15, 0.2) is 34.2 Å². The van der Waals surface area contributed by atoms with Crippen molar-refractivity contribution in [2.75, 3.05) is 32.8 Å². The lowest BCUT2D eigenvalue weighted by molar-refractivity contribution is -0.143. The topological polar surface area (TPSA) is 83.0 Å². The number of rotatable bonds is 6. The predicted octanol–water partition coefficient (Wildman–Crippen LogP) is 4.19. The average Bonchev–Trinajstić information content (AvgIpc) is 3.13. The number of likely N-dealkylation sites (tertiary alicyclic amines) is 1. The van der Waals surface area contributed by atoms with Crippen LogP contribution in [0.2, 0.25) is 0 Å². The van der Waals surface area contributed by atoms with Crippen LogP contribution in [0.5, 0.6) is 0 Å². The number of halogens is 6. The molecule has 2 N–H and O–H groups in total. The quantitative estimate of drug-likeness (QED) is 0.520. The molecule has 0 atom stereocenters. The third-order valence-electron chi connectivity index (χ3n) is 6.20. The summed E-state index contributed by atoms with van der Waals surface area (Å²) in [5.74, 6) is 0.0328. The average molecular weight is 551 g/mol. The van der Waals surface area contributed by atoms with Crippen LogP contribution in [0.4, 0.5) is 31.1 Å². The van der Waals surface area contributed by atoms with Crippen molar-refractivity contribution in [1.29, 1.82) is 0 Å². The molecule has 0 unspecified atom stereocenters. The van der Waals surface area contributed by atoms with Gasteiger partial charge in [-0.25, -0.2) is 0 Å². The summed E-state index contributed by atoms with van der Waals surface area (Å²) in [6.07, 6.45) is -6.74. The number of carbonyl (C=O) groups is 2. The van der Waals surface area contributed by atoms with Gasteiger partial charge in [0.1, 0.15) is 12.4 Å². The maximum absolute atomic E-state index is 13.5. The van der Waals surface area contributed by atoms with Crippen molar-refractivity contribution >= 4 is 28.7 Å². The van der Waals surface area contributed by atoms with E-state index in [2.05, 4.69) is 15.6 Å². The number of aliphatic imine (C=N–C) groups is 1. The summed E-state index contributed by atoms with van der Waals surface area (Å²) < 4.78 is 84.1. The summed E-state index contributed by atoms with van der Waals surface area (Å²) in [6, 6.07) is 1.69. The molecule has 0 spiro atoms. The van der Waals surface area contributed by atoms with E-state index in [-0.39, 0.29) is 47.8 Å². The number of hydrogen-bond donors (Lipinski definition) is 2. The lowest BCUT2D eigenvalue weighted by Gasteiger charge is -2.31. The summed E-state index contributed by atoms with van der Waals surface area (Å²) in [5, 5.41) is 5.04. The van der Waals surface area contributed by atoms with Crippen molar-refractivity contribution in [3.05, 3.63) is 45.9 Å². The predicted molar refractivity (Wildman–Crippen MR) is 124 cm³/mol. The number of amidine groups is 1. The van der Waals surface area contributed by atoms with Crippen molar-refractivity contribution < 1.29 is 40.7 Å². The van der Waals surface area contributed by atoms with E-state index in [1.807, 2.05) is 6.08 Å². The van der Waals surface area contributed by atoms with Gasteiger partial charge in [0, 0.05) is 6.54 Å². The fourth-order valence-corrected chi connectivity index (χ4v) is 5.01. The highest BCUT2D eigenvalue weighted by Gasteiger charge is 2.38. The smallest absolute Gasteiger partial charge is 0.377 e. The van der Waals surface area contributed by atoms with Gasteiger partial charge >= 0.3 is 12.4 Å². The van der Waals surface area contributed by atoms with Gasteiger partial charge in [-0.1, -0.05) is 12.1 Å². The molecule has 3 fully saturated rings. The summed E-state index contributed by atoms with van der Waals surface area (Å²) in [6.45, 7) is 1.48. The van der Waals surface area contributed by atoms with E-state index in [0.717, 1.165) is 17.8 Å². The first-order valence-electron chi connectivity index (χ1n) is 11.5. The summed E-state index contributed by atoms with van der Waals surface area (Å²) in [5.41, 5.74) is -2.83. The van der Waals surface area contributed by atoms with E-state index in [1.54, 1.807) is 4.90 Å². The molecular weight excluding hydrogens is 526 g/mol. The van der Waals surface area contributed by atoms with Gasteiger partial charge in [-0.15, -0.1) is 0 Å². The van der Waals surface area contributed by atoms with E-state index in [0.29, 0.717) is 56.0 Å². The van der Waals surface area contributed by atoms with Crippen molar-refractivity contribution in [3.63, 3.8) is 0 Å². The van der Waals surface area contributed by atoms with E-state index in [1.165, 1.54) is 0 Å². The number of carbonyl (C=O) groups excluding carboxylic acids is 2. The van der Waals surface area contributed by atoms with Crippen molar-refractivity contribution in [1.82, 2.24) is 15.5 Å². The molecule has 2 amide bonds. The monoisotopic (exact) mass is 550 g/mol. The first-order chi connectivity index (χ1) is 17.4. The molecular formula is C23H24F6N4O3S. The minimum atomic E-state index is -4.91. The number of hydrogen-bond acceptors (Lipinski definition) is 6. The molecule has 4 rings (SSSR count). The highest BCUT2D eigenvalue weighted by atomic mass is 32.2. The summed E-state index contributed by atoms with van der Waals surface area (Å²) >= 11 is 0.958. The van der Waals surface area contributed by atoms with Gasteiger partial charge in [0.2, 0.25) is 5.91 Å². The van der Waals surface area contributed by atoms with Crippen LogP contribution in [0.1, 0.15) is 29.5 Å². The van der Waals surface area contributed by atoms with Gasteiger partial charge < -0.3 is 15.4 Å². The minimum absolute atomic E-state index is 0.0206. The van der Waals surface area contributed by atoms with Crippen LogP contribution < -0.4 is 10.6 Å². The molecule has 0 saturated carbocycles. The third-order valence-corrected chi connectivity index (χ3v) is 7.03. The van der Waals surface area contributed by atoms with Gasteiger partial charge in [-0.05, 0) is 61.3 Å². The Bertz CT molecular complexity index is 1090. The van der Waals surface area contributed by atoms with Gasteiger partial charge in [-0.2, -0.15) is 26.3 Å². The largest absolute Gasteiger partial charge is 0.416 e. The van der Waals surface area contributed by atoms with Crippen molar-refractivity contribution in [2.45, 2.75) is 37.8 Å². The molecule has 0 bridgehead atoms. The zero-order chi connectivity index (χ0) is 26.8. The van der Waals surface area contributed by atoms with Crippen molar-refractivity contribution in [2.24, 2.45) is 10.9 Å². The van der Waals surface area contributed by atoms with Gasteiger partial charge in [-0.3, -0.25) is 19.5 Å². The van der Waals surface area contributed by atoms with E-state index in [9.17, 15) is 35.9 Å². The maximum atomic E-state index is 13.5. The second kappa shape index (κ2) is 11.0. The minimum Gasteiger partial charge on any atom is -0.377 e. The molecule has 3 aliphatic rings. The highest BCUT2D eigenvalue weighted by Crippen LogP contribution is 2.38. The molecule has 3 saturated heterocycles. The molecule has 202 valence electrons. The molecule has 0 radical (unpaired) electrons.